The Morgan fingerprint density at radius 2 is 1.72 bits per heavy atom. The maximum Gasteiger partial charge on any atom is 0.320 e. The topological polar surface area (TPSA) is 74.7 Å². The molecule has 140 valence electrons. The minimum absolute atomic E-state index is 0.209. The summed E-state index contributed by atoms with van der Waals surface area (Å²) in [5.41, 5.74) is 0.729. The molecule has 0 aliphatic heterocycles. The number of methoxy groups -OCH3 is 1. The van der Waals surface area contributed by atoms with Crippen LogP contribution in [0.3, 0.4) is 0 Å². The zero-order valence-electron chi connectivity index (χ0n) is 15.6. The van der Waals surface area contributed by atoms with Crippen LogP contribution in [0.5, 0.6) is 5.88 Å². The van der Waals surface area contributed by atoms with Crippen molar-refractivity contribution in [2.45, 2.75) is 52.4 Å². The monoisotopic (exact) mass is 351 g/mol. The molecule has 1 aromatic heterocycles. The van der Waals surface area contributed by atoms with Crippen molar-refractivity contribution in [3.05, 3.63) is 23.9 Å². The van der Waals surface area contributed by atoms with Gasteiger partial charge in [0.2, 0.25) is 5.88 Å². The normalized spacial score (nSPS) is 11.9. The number of ether oxygens (including phenoxy) is 3. The van der Waals surface area contributed by atoms with Gasteiger partial charge in [-0.05, 0) is 26.3 Å². The number of hydrogen-bond acceptors (Lipinski definition) is 6. The number of esters is 2. The Kier molecular flexibility index (Phi) is 9.58. The van der Waals surface area contributed by atoms with Crippen molar-refractivity contribution >= 4 is 11.9 Å². The van der Waals surface area contributed by atoms with Gasteiger partial charge in [0.05, 0.1) is 20.3 Å². The van der Waals surface area contributed by atoms with Gasteiger partial charge in [-0.2, -0.15) is 0 Å². The fourth-order valence-electron chi connectivity index (χ4n) is 2.86. The summed E-state index contributed by atoms with van der Waals surface area (Å²) >= 11 is 0. The van der Waals surface area contributed by atoms with Gasteiger partial charge in [0.25, 0.3) is 0 Å². The van der Waals surface area contributed by atoms with Crippen LogP contribution >= 0.6 is 0 Å². The smallest absolute Gasteiger partial charge is 0.320 e. The molecule has 1 atom stereocenters. The van der Waals surface area contributed by atoms with Crippen LogP contribution in [0.15, 0.2) is 18.3 Å². The number of aromatic nitrogens is 1. The number of carbonyl (C=O) groups is 2. The largest absolute Gasteiger partial charge is 0.481 e. The highest BCUT2D eigenvalue weighted by Crippen LogP contribution is 2.36. The Bertz CT molecular complexity index is 528. The van der Waals surface area contributed by atoms with Gasteiger partial charge in [-0.3, -0.25) is 9.59 Å². The maximum atomic E-state index is 12.5. The van der Waals surface area contributed by atoms with E-state index in [1.807, 2.05) is 6.07 Å². The molecular weight excluding hydrogens is 322 g/mol. The minimum atomic E-state index is -1.02. The molecule has 0 bridgehead atoms. The highest BCUT2D eigenvalue weighted by atomic mass is 16.6. The molecular formula is C19H29NO5. The zero-order chi connectivity index (χ0) is 18.7. The molecule has 1 heterocycles. The van der Waals surface area contributed by atoms with Crippen LogP contribution in [0.25, 0.3) is 0 Å². The molecule has 0 fully saturated rings. The summed E-state index contributed by atoms with van der Waals surface area (Å²) in [6, 6.07) is 3.62. The molecule has 0 aromatic carbocycles. The molecule has 1 rings (SSSR count). The molecule has 0 radical (unpaired) electrons. The van der Waals surface area contributed by atoms with Crippen LogP contribution in [-0.2, 0) is 19.1 Å². The average molecular weight is 351 g/mol. The summed E-state index contributed by atoms with van der Waals surface area (Å²) in [7, 11) is 1.53. The Morgan fingerprint density at radius 3 is 2.24 bits per heavy atom. The van der Waals surface area contributed by atoms with E-state index < -0.39 is 23.8 Å². The number of carbonyl (C=O) groups excluding carboxylic acids is 2. The fourth-order valence-corrected chi connectivity index (χ4v) is 2.86. The highest BCUT2D eigenvalue weighted by Gasteiger charge is 2.39. The molecule has 6 heteroatoms. The zero-order valence-corrected chi connectivity index (χ0v) is 15.6. The average Bonchev–Trinajstić information content (AvgIpc) is 2.61. The van der Waals surface area contributed by atoms with Gasteiger partial charge in [0.1, 0.15) is 0 Å². The summed E-state index contributed by atoms with van der Waals surface area (Å²) in [6.07, 6.45) is 5.21. The van der Waals surface area contributed by atoms with E-state index in [4.69, 9.17) is 14.2 Å². The first-order valence-electron chi connectivity index (χ1n) is 8.92. The SMILES string of the molecule is CCCCCC(c1cccnc1OC)C(C(=O)OCC)C(=O)OCC. The third-order valence-electron chi connectivity index (χ3n) is 4.00. The summed E-state index contributed by atoms with van der Waals surface area (Å²) in [5, 5.41) is 0. The van der Waals surface area contributed by atoms with E-state index in [1.165, 1.54) is 7.11 Å². The van der Waals surface area contributed by atoms with Crippen LogP contribution in [0.4, 0.5) is 0 Å². The van der Waals surface area contributed by atoms with Gasteiger partial charge in [0, 0.05) is 17.7 Å². The molecule has 0 saturated heterocycles. The fraction of sp³-hybridized carbons (Fsp3) is 0.632. The predicted octanol–water partition coefficient (Wildman–Crippen LogP) is 3.50. The molecule has 1 aromatic rings. The van der Waals surface area contributed by atoms with Gasteiger partial charge >= 0.3 is 11.9 Å². The lowest BCUT2D eigenvalue weighted by atomic mass is 9.82. The minimum Gasteiger partial charge on any atom is -0.481 e. The quantitative estimate of drug-likeness (QED) is 0.345. The molecule has 0 saturated carbocycles. The van der Waals surface area contributed by atoms with Crippen molar-refractivity contribution in [1.82, 2.24) is 4.98 Å². The summed E-state index contributed by atoms with van der Waals surface area (Å²) in [4.78, 5) is 29.3. The Labute approximate surface area is 149 Å². The van der Waals surface area contributed by atoms with E-state index in [9.17, 15) is 9.59 Å². The molecule has 0 aliphatic rings. The lowest BCUT2D eigenvalue weighted by molar-refractivity contribution is -0.163. The van der Waals surface area contributed by atoms with E-state index in [1.54, 1.807) is 26.1 Å². The first-order valence-corrected chi connectivity index (χ1v) is 8.92. The number of nitrogens with zero attached hydrogens (tertiary/aromatic N) is 1. The summed E-state index contributed by atoms with van der Waals surface area (Å²) < 4.78 is 15.7. The molecule has 0 aliphatic carbocycles. The predicted molar refractivity (Wildman–Crippen MR) is 94.4 cm³/mol. The van der Waals surface area contributed by atoms with Crippen molar-refractivity contribution in [3.8, 4) is 5.88 Å². The van der Waals surface area contributed by atoms with Crippen LogP contribution in [-0.4, -0.2) is 37.2 Å². The molecule has 6 nitrogen and oxygen atoms in total. The Hall–Kier alpha value is -2.11. The maximum absolute atomic E-state index is 12.5. The highest BCUT2D eigenvalue weighted by molar-refractivity contribution is 5.96. The van der Waals surface area contributed by atoms with Crippen LogP contribution in [0, 0.1) is 5.92 Å². The third-order valence-corrected chi connectivity index (χ3v) is 4.00. The lowest BCUT2D eigenvalue weighted by Crippen LogP contribution is -2.34. The summed E-state index contributed by atoms with van der Waals surface area (Å²) in [6.45, 7) is 5.96. The molecule has 0 amide bonds. The molecule has 0 spiro atoms. The van der Waals surface area contributed by atoms with E-state index in [2.05, 4.69) is 11.9 Å². The second-order valence-electron chi connectivity index (χ2n) is 5.69. The number of unbranched alkanes of at least 4 members (excludes halogenated alkanes) is 2. The first kappa shape index (κ1) is 20.9. The molecule has 1 unspecified atom stereocenters. The lowest BCUT2D eigenvalue weighted by Gasteiger charge is -2.25. The Balaban J connectivity index is 3.27. The standard InChI is InChI=1S/C19H29NO5/c1-5-8-9-11-14(15-12-10-13-20-17(15)23-4)16(18(21)24-6-2)19(22)25-7-3/h10,12-14,16H,5-9,11H2,1-4H3. The summed E-state index contributed by atoms with van der Waals surface area (Å²) in [5.74, 6) is -2.12. The Morgan fingerprint density at radius 1 is 1.08 bits per heavy atom. The van der Waals surface area contributed by atoms with Gasteiger partial charge < -0.3 is 14.2 Å². The van der Waals surface area contributed by atoms with Crippen molar-refractivity contribution in [2.24, 2.45) is 5.92 Å². The van der Waals surface area contributed by atoms with E-state index in [-0.39, 0.29) is 13.2 Å². The van der Waals surface area contributed by atoms with Gasteiger partial charge in [-0.1, -0.05) is 32.3 Å². The van der Waals surface area contributed by atoms with Crippen molar-refractivity contribution in [1.29, 1.82) is 0 Å². The number of hydrogen-bond donors (Lipinski definition) is 0. The molecule has 0 N–H and O–H groups in total. The van der Waals surface area contributed by atoms with Crippen molar-refractivity contribution in [3.63, 3.8) is 0 Å². The number of pyridine rings is 1. The molecule has 25 heavy (non-hydrogen) atoms. The van der Waals surface area contributed by atoms with Gasteiger partial charge in [0.15, 0.2) is 5.92 Å². The second kappa shape index (κ2) is 11.4. The van der Waals surface area contributed by atoms with Gasteiger partial charge in [-0.25, -0.2) is 4.98 Å². The van der Waals surface area contributed by atoms with Crippen LogP contribution in [0.2, 0.25) is 0 Å². The van der Waals surface area contributed by atoms with Crippen LogP contribution < -0.4 is 4.74 Å². The number of rotatable bonds is 11. The van der Waals surface area contributed by atoms with Crippen molar-refractivity contribution in [2.75, 3.05) is 20.3 Å². The van der Waals surface area contributed by atoms with Crippen LogP contribution in [0.1, 0.15) is 57.9 Å². The van der Waals surface area contributed by atoms with E-state index in [0.717, 1.165) is 24.8 Å². The van der Waals surface area contributed by atoms with Crippen molar-refractivity contribution < 1.29 is 23.8 Å². The van der Waals surface area contributed by atoms with E-state index in [0.29, 0.717) is 12.3 Å². The second-order valence-corrected chi connectivity index (χ2v) is 5.69. The van der Waals surface area contributed by atoms with E-state index >= 15 is 0 Å². The third kappa shape index (κ3) is 6.03. The van der Waals surface area contributed by atoms with Gasteiger partial charge in [-0.15, -0.1) is 0 Å². The first-order chi connectivity index (χ1) is 12.1.